The van der Waals surface area contributed by atoms with Crippen molar-refractivity contribution in [3.63, 3.8) is 0 Å². The van der Waals surface area contributed by atoms with Crippen molar-refractivity contribution in [3.8, 4) is 0 Å². The minimum atomic E-state index is -0.536. The van der Waals surface area contributed by atoms with Crippen LogP contribution in [0.15, 0.2) is 42.5 Å². The molecule has 3 nitrogen and oxygen atoms in total. The molecule has 0 saturated carbocycles. The average Bonchev–Trinajstić information content (AvgIpc) is 2.49. The molecule has 0 aliphatic heterocycles. The summed E-state index contributed by atoms with van der Waals surface area (Å²) in [5, 5.41) is 5.56. The standard InChI is InChI=1S/C16H15ClF2N2O/c17-13-9-12(5-6-15(13)19)21-16(22)7-8-20-10-11-3-1-2-4-14(11)18/h1-6,9,20H,7-8,10H2,(H,21,22). The van der Waals surface area contributed by atoms with E-state index in [1.165, 1.54) is 24.3 Å². The van der Waals surface area contributed by atoms with Gasteiger partial charge in [0, 0.05) is 30.8 Å². The Bertz CT molecular complexity index is 664. The molecule has 2 aromatic carbocycles. The first kappa shape index (κ1) is 16.4. The lowest BCUT2D eigenvalue weighted by molar-refractivity contribution is -0.116. The van der Waals surface area contributed by atoms with E-state index < -0.39 is 5.82 Å². The number of amides is 1. The van der Waals surface area contributed by atoms with E-state index in [1.54, 1.807) is 18.2 Å². The van der Waals surface area contributed by atoms with Crippen molar-refractivity contribution in [1.29, 1.82) is 0 Å². The summed E-state index contributed by atoms with van der Waals surface area (Å²) >= 11 is 5.63. The summed E-state index contributed by atoms with van der Waals surface area (Å²) in [6.45, 7) is 0.747. The van der Waals surface area contributed by atoms with Gasteiger partial charge in [0.05, 0.1) is 5.02 Å². The molecule has 0 saturated heterocycles. The average molecular weight is 325 g/mol. The molecular weight excluding hydrogens is 310 g/mol. The Hall–Kier alpha value is -1.98. The third-order valence-corrected chi connectivity index (χ3v) is 3.30. The Morgan fingerprint density at radius 2 is 1.86 bits per heavy atom. The van der Waals surface area contributed by atoms with Crippen LogP contribution in [-0.2, 0) is 11.3 Å². The third-order valence-electron chi connectivity index (χ3n) is 3.01. The summed E-state index contributed by atoms with van der Waals surface area (Å²) in [5.74, 6) is -1.05. The topological polar surface area (TPSA) is 41.1 Å². The van der Waals surface area contributed by atoms with E-state index in [-0.39, 0.29) is 23.2 Å². The van der Waals surface area contributed by atoms with Gasteiger partial charge in [0.25, 0.3) is 0 Å². The molecule has 0 radical (unpaired) electrons. The van der Waals surface area contributed by atoms with Gasteiger partial charge in [0.15, 0.2) is 0 Å². The van der Waals surface area contributed by atoms with Crippen molar-refractivity contribution in [2.24, 2.45) is 0 Å². The van der Waals surface area contributed by atoms with Crippen LogP contribution in [0.3, 0.4) is 0 Å². The second-order valence-electron chi connectivity index (χ2n) is 4.70. The Morgan fingerprint density at radius 3 is 2.59 bits per heavy atom. The first-order valence-corrected chi connectivity index (χ1v) is 7.13. The van der Waals surface area contributed by atoms with Crippen LogP contribution in [0.2, 0.25) is 5.02 Å². The molecule has 22 heavy (non-hydrogen) atoms. The maximum atomic E-state index is 13.4. The SMILES string of the molecule is O=C(CCNCc1ccccc1F)Nc1ccc(F)c(Cl)c1. The van der Waals surface area contributed by atoms with Gasteiger partial charge < -0.3 is 10.6 Å². The normalized spacial score (nSPS) is 10.5. The number of anilines is 1. The van der Waals surface area contributed by atoms with E-state index in [4.69, 9.17) is 11.6 Å². The second kappa shape index (κ2) is 7.87. The van der Waals surface area contributed by atoms with Gasteiger partial charge in [-0.25, -0.2) is 8.78 Å². The van der Waals surface area contributed by atoms with E-state index in [0.717, 1.165) is 0 Å². The van der Waals surface area contributed by atoms with E-state index in [9.17, 15) is 13.6 Å². The fourth-order valence-corrected chi connectivity index (χ4v) is 2.04. The van der Waals surface area contributed by atoms with Crippen LogP contribution in [0.5, 0.6) is 0 Å². The predicted molar refractivity (Wildman–Crippen MR) is 82.8 cm³/mol. The zero-order valence-electron chi connectivity index (χ0n) is 11.7. The molecule has 0 aliphatic carbocycles. The van der Waals surface area contributed by atoms with Gasteiger partial charge in [-0.2, -0.15) is 0 Å². The lowest BCUT2D eigenvalue weighted by atomic mass is 10.2. The van der Waals surface area contributed by atoms with Crippen molar-refractivity contribution in [3.05, 3.63) is 64.7 Å². The molecule has 2 rings (SSSR count). The van der Waals surface area contributed by atoms with Crippen LogP contribution in [0.1, 0.15) is 12.0 Å². The van der Waals surface area contributed by atoms with Crippen LogP contribution >= 0.6 is 11.6 Å². The Labute approximate surface area is 132 Å². The molecule has 0 unspecified atom stereocenters. The molecule has 0 bridgehead atoms. The van der Waals surface area contributed by atoms with Crippen molar-refractivity contribution >= 4 is 23.2 Å². The van der Waals surface area contributed by atoms with E-state index in [1.807, 2.05) is 0 Å². The third kappa shape index (κ3) is 4.79. The van der Waals surface area contributed by atoms with Crippen LogP contribution in [0, 0.1) is 11.6 Å². The van der Waals surface area contributed by atoms with Crippen LogP contribution in [0.25, 0.3) is 0 Å². The highest BCUT2D eigenvalue weighted by atomic mass is 35.5. The van der Waals surface area contributed by atoms with Crippen LogP contribution in [0.4, 0.5) is 14.5 Å². The monoisotopic (exact) mass is 324 g/mol. The van der Waals surface area contributed by atoms with Crippen molar-refractivity contribution in [2.75, 3.05) is 11.9 Å². The largest absolute Gasteiger partial charge is 0.326 e. The highest BCUT2D eigenvalue weighted by Crippen LogP contribution is 2.19. The quantitative estimate of drug-likeness (QED) is 0.795. The summed E-state index contributed by atoms with van der Waals surface area (Å²) in [5.41, 5.74) is 0.985. The van der Waals surface area contributed by atoms with Crippen molar-refractivity contribution in [2.45, 2.75) is 13.0 Å². The molecule has 1 amide bonds. The van der Waals surface area contributed by atoms with Crippen molar-refractivity contribution < 1.29 is 13.6 Å². The summed E-state index contributed by atoms with van der Waals surface area (Å²) in [7, 11) is 0. The van der Waals surface area contributed by atoms with Gasteiger partial charge in [0.1, 0.15) is 11.6 Å². The smallest absolute Gasteiger partial charge is 0.225 e. The summed E-state index contributed by atoms with van der Waals surface area (Å²) in [6, 6.07) is 10.4. The highest BCUT2D eigenvalue weighted by molar-refractivity contribution is 6.31. The van der Waals surface area contributed by atoms with Gasteiger partial charge >= 0.3 is 0 Å². The number of benzene rings is 2. The first-order chi connectivity index (χ1) is 10.6. The Morgan fingerprint density at radius 1 is 1.09 bits per heavy atom. The maximum Gasteiger partial charge on any atom is 0.225 e. The van der Waals surface area contributed by atoms with Gasteiger partial charge in [-0.15, -0.1) is 0 Å². The number of nitrogens with one attached hydrogen (secondary N) is 2. The lowest BCUT2D eigenvalue weighted by Gasteiger charge is -2.08. The molecule has 2 N–H and O–H groups in total. The van der Waals surface area contributed by atoms with Crippen molar-refractivity contribution in [1.82, 2.24) is 5.32 Å². The maximum absolute atomic E-state index is 13.4. The van der Waals surface area contributed by atoms with Gasteiger partial charge in [-0.05, 0) is 24.3 Å². The minimum absolute atomic E-state index is 0.0459. The number of rotatable bonds is 6. The van der Waals surface area contributed by atoms with Crippen LogP contribution in [-0.4, -0.2) is 12.5 Å². The predicted octanol–water partition coefficient (Wildman–Crippen LogP) is 3.74. The van der Waals surface area contributed by atoms with E-state index in [2.05, 4.69) is 10.6 Å². The molecule has 0 aromatic heterocycles. The molecule has 2 aromatic rings. The zero-order chi connectivity index (χ0) is 15.9. The minimum Gasteiger partial charge on any atom is -0.326 e. The Kier molecular flexibility index (Phi) is 5.86. The second-order valence-corrected chi connectivity index (χ2v) is 5.10. The van der Waals surface area contributed by atoms with Gasteiger partial charge in [-0.3, -0.25) is 4.79 Å². The summed E-state index contributed by atoms with van der Waals surface area (Å²) < 4.78 is 26.4. The number of halogens is 3. The molecule has 116 valence electrons. The van der Waals surface area contributed by atoms with E-state index in [0.29, 0.717) is 24.3 Å². The van der Waals surface area contributed by atoms with E-state index >= 15 is 0 Å². The molecular formula is C16H15ClF2N2O. The summed E-state index contributed by atoms with van der Waals surface area (Å²) in [4.78, 5) is 11.7. The van der Waals surface area contributed by atoms with Crippen LogP contribution < -0.4 is 10.6 Å². The molecule has 0 spiro atoms. The number of carbonyl (C=O) groups excluding carboxylic acids is 1. The first-order valence-electron chi connectivity index (χ1n) is 6.75. The van der Waals surface area contributed by atoms with Gasteiger partial charge in [0.2, 0.25) is 5.91 Å². The Balaban J connectivity index is 1.74. The van der Waals surface area contributed by atoms with Gasteiger partial charge in [-0.1, -0.05) is 29.8 Å². The highest BCUT2D eigenvalue weighted by Gasteiger charge is 2.05. The molecule has 0 aliphatic rings. The molecule has 0 heterocycles. The fourth-order valence-electron chi connectivity index (χ4n) is 1.86. The lowest BCUT2D eigenvalue weighted by Crippen LogP contribution is -2.21. The summed E-state index contributed by atoms with van der Waals surface area (Å²) in [6.07, 6.45) is 0.212. The fraction of sp³-hybridized carbons (Fsp3) is 0.188. The zero-order valence-corrected chi connectivity index (χ0v) is 12.5. The molecule has 0 fully saturated rings. The molecule has 6 heteroatoms. The number of hydrogen-bond acceptors (Lipinski definition) is 2. The number of carbonyl (C=O) groups is 1. The molecule has 0 atom stereocenters. The number of hydrogen-bond donors (Lipinski definition) is 2.